The molecule has 4 rings (SSSR count). The number of nitrogens with zero attached hydrogens (tertiary/aromatic N) is 2. The maximum atomic E-state index is 13.2. The third-order valence-corrected chi connectivity index (χ3v) is 9.57. The Labute approximate surface area is 166 Å². The number of morpholine rings is 2. The van der Waals surface area contributed by atoms with Gasteiger partial charge in [0.15, 0.2) is 0 Å². The van der Waals surface area contributed by atoms with Crippen LogP contribution in [0.2, 0.25) is 0 Å². The summed E-state index contributed by atoms with van der Waals surface area (Å²) >= 11 is 0. The quantitative estimate of drug-likeness (QED) is 0.709. The highest BCUT2D eigenvalue weighted by Gasteiger charge is 2.41. The van der Waals surface area contributed by atoms with Gasteiger partial charge in [-0.2, -0.15) is 8.61 Å². The van der Waals surface area contributed by atoms with Gasteiger partial charge in [0.25, 0.3) is 0 Å². The maximum absolute atomic E-state index is 13.2. The smallest absolute Gasteiger partial charge is 0.243 e. The highest BCUT2D eigenvalue weighted by atomic mass is 32.2. The second-order valence-electron chi connectivity index (χ2n) is 7.36. The number of ether oxygens (including phenoxy) is 2. The van der Waals surface area contributed by atoms with Crippen LogP contribution in [0.25, 0.3) is 0 Å². The van der Waals surface area contributed by atoms with Crippen LogP contribution in [-0.4, -0.2) is 77.0 Å². The van der Waals surface area contributed by atoms with Crippen molar-refractivity contribution in [2.45, 2.75) is 47.6 Å². The molecule has 0 spiro atoms. The van der Waals surface area contributed by atoms with Crippen molar-refractivity contribution in [3.8, 4) is 0 Å². The summed E-state index contributed by atoms with van der Waals surface area (Å²) in [6, 6.07) is 5.43. The zero-order valence-electron chi connectivity index (χ0n) is 15.7. The number of hydrogen-bond acceptors (Lipinski definition) is 6. The minimum absolute atomic E-state index is 0.0433. The van der Waals surface area contributed by atoms with Gasteiger partial charge in [-0.25, -0.2) is 16.8 Å². The Kier molecular flexibility index (Phi) is 5.78. The lowest BCUT2D eigenvalue weighted by Crippen LogP contribution is -2.54. The van der Waals surface area contributed by atoms with E-state index in [1.165, 1.54) is 28.6 Å². The van der Waals surface area contributed by atoms with Crippen LogP contribution in [0.5, 0.6) is 0 Å². The molecule has 1 aromatic carbocycles. The van der Waals surface area contributed by atoms with Crippen LogP contribution in [0.4, 0.5) is 0 Å². The predicted molar refractivity (Wildman–Crippen MR) is 102 cm³/mol. The Bertz CT molecular complexity index is 893. The molecular weight excluding hydrogens is 404 g/mol. The molecule has 2 atom stereocenters. The summed E-state index contributed by atoms with van der Waals surface area (Å²) in [4.78, 5) is 0.227. The highest BCUT2D eigenvalue weighted by Crippen LogP contribution is 2.32. The average Bonchev–Trinajstić information content (AvgIpc) is 2.74. The Morgan fingerprint density at radius 3 is 2.07 bits per heavy atom. The molecule has 28 heavy (non-hydrogen) atoms. The first-order valence-corrected chi connectivity index (χ1v) is 12.6. The lowest BCUT2D eigenvalue weighted by atomic mass is 9.91. The largest absolute Gasteiger partial charge is 0.379 e. The summed E-state index contributed by atoms with van der Waals surface area (Å²) in [6.07, 6.45) is 3.69. The average molecular weight is 431 g/mol. The Balaban J connectivity index is 1.57. The molecule has 8 nitrogen and oxygen atoms in total. The highest BCUT2D eigenvalue weighted by molar-refractivity contribution is 7.89. The summed E-state index contributed by atoms with van der Waals surface area (Å²) in [6.45, 7) is 2.07. The van der Waals surface area contributed by atoms with E-state index in [1.807, 2.05) is 0 Å². The van der Waals surface area contributed by atoms with Crippen molar-refractivity contribution < 1.29 is 26.3 Å². The summed E-state index contributed by atoms with van der Waals surface area (Å²) in [5, 5.41) is 0. The van der Waals surface area contributed by atoms with Gasteiger partial charge in [-0.15, -0.1) is 0 Å². The molecule has 156 valence electrons. The first-order valence-electron chi connectivity index (χ1n) is 9.72. The van der Waals surface area contributed by atoms with E-state index in [2.05, 4.69) is 0 Å². The van der Waals surface area contributed by atoms with Crippen LogP contribution in [0.1, 0.15) is 25.7 Å². The molecule has 0 radical (unpaired) electrons. The number of hydrogen-bond donors (Lipinski definition) is 0. The van der Waals surface area contributed by atoms with Crippen molar-refractivity contribution in [2.24, 2.45) is 0 Å². The third-order valence-electron chi connectivity index (χ3n) is 5.72. The van der Waals surface area contributed by atoms with E-state index in [9.17, 15) is 16.8 Å². The van der Waals surface area contributed by atoms with Crippen molar-refractivity contribution in [3.63, 3.8) is 0 Å². The van der Waals surface area contributed by atoms with Crippen LogP contribution in [0.15, 0.2) is 34.1 Å². The normalized spacial score (nSPS) is 28.0. The van der Waals surface area contributed by atoms with E-state index in [-0.39, 0.29) is 21.9 Å². The van der Waals surface area contributed by atoms with Gasteiger partial charge in [0.05, 0.1) is 41.8 Å². The fourth-order valence-corrected chi connectivity index (χ4v) is 7.29. The molecule has 3 fully saturated rings. The number of fused-ring (bicyclic) bond motifs is 1. The monoisotopic (exact) mass is 430 g/mol. The van der Waals surface area contributed by atoms with Crippen molar-refractivity contribution >= 4 is 20.0 Å². The van der Waals surface area contributed by atoms with Crippen molar-refractivity contribution in [3.05, 3.63) is 24.3 Å². The summed E-state index contributed by atoms with van der Waals surface area (Å²) in [5.74, 6) is 0. The van der Waals surface area contributed by atoms with Crippen molar-refractivity contribution in [2.75, 3.05) is 39.5 Å². The topological polar surface area (TPSA) is 93.2 Å². The van der Waals surface area contributed by atoms with E-state index in [0.29, 0.717) is 39.5 Å². The summed E-state index contributed by atoms with van der Waals surface area (Å²) in [7, 11) is -7.34. The SMILES string of the molecule is O=S(=O)(c1ccc(S(=O)(=O)N2CCOC3CCCCC32)cc1)N1CCOCC1. The zero-order valence-corrected chi connectivity index (χ0v) is 17.3. The van der Waals surface area contributed by atoms with Crippen LogP contribution < -0.4 is 0 Å². The maximum Gasteiger partial charge on any atom is 0.243 e. The molecule has 1 saturated carbocycles. The Morgan fingerprint density at radius 1 is 0.786 bits per heavy atom. The van der Waals surface area contributed by atoms with Gasteiger partial charge in [0.2, 0.25) is 20.0 Å². The minimum Gasteiger partial charge on any atom is -0.379 e. The molecule has 1 aliphatic carbocycles. The van der Waals surface area contributed by atoms with E-state index >= 15 is 0 Å². The molecule has 10 heteroatoms. The molecule has 2 saturated heterocycles. The van der Waals surface area contributed by atoms with E-state index in [0.717, 1.165) is 25.7 Å². The molecule has 0 amide bonds. The molecule has 3 aliphatic rings. The summed E-state index contributed by atoms with van der Waals surface area (Å²) < 4.78 is 65.8. The van der Waals surface area contributed by atoms with Gasteiger partial charge in [-0.1, -0.05) is 12.8 Å². The number of sulfonamides is 2. The minimum atomic E-state index is -3.69. The Hall–Kier alpha value is -1.04. The fourth-order valence-electron chi connectivity index (χ4n) is 4.21. The zero-order chi connectivity index (χ0) is 19.8. The van der Waals surface area contributed by atoms with E-state index < -0.39 is 20.0 Å². The summed E-state index contributed by atoms with van der Waals surface area (Å²) in [5.41, 5.74) is 0. The van der Waals surface area contributed by atoms with Crippen LogP contribution in [0, 0.1) is 0 Å². The molecular formula is C18H26N2O6S2. The standard InChI is InChI=1S/C18H26N2O6S2/c21-27(22,19-9-12-25-13-10-19)15-5-7-16(8-6-15)28(23,24)20-11-14-26-18-4-2-1-3-17(18)20/h5-8,17-18H,1-4,9-14H2. The molecule has 1 aromatic rings. The van der Waals surface area contributed by atoms with Crippen LogP contribution in [-0.2, 0) is 29.5 Å². The lowest BCUT2D eigenvalue weighted by Gasteiger charge is -2.42. The van der Waals surface area contributed by atoms with Crippen LogP contribution in [0.3, 0.4) is 0 Å². The number of rotatable bonds is 4. The predicted octanol–water partition coefficient (Wildman–Crippen LogP) is 1.04. The van der Waals surface area contributed by atoms with Gasteiger partial charge in [-0.05, 0) is 37.1 Å². The fraction of sp³-hybridized carbons (Fsp3) is 0.667. The van der Waals surface area contributed by atoms with Gasteiger partial charge < -0.3 is 9.47 Å². The van der Waals surface area contributed by atoms with E-state index in [4.69, 9.17) is 9.47 Å². The molecule has 0 N–H and O–H groups in total. The second-order valence-corrected chi connectivity index (χ2v) is 11.2. The molecule has 2 aliphatic heterocycles. The molecule has 2 heterocycles. The molecule has 0 bridgehead atoms. The van der Waals surface area contributed by atoms with E-state index in [1.54, 1.807) is 4.31 Å². The first kappa shape index (κ1) is 20.2. The van der Waals surface area contributed by atoms with Gasteiger partial charge >= 0.3 is 0 Å². The van der Waals surface area contributed by atoms with Gasteiger partial charge in [0.1, 0.15) is 0 Å². The van der Waals surface area contributed by atoms with Gasteiger partial charge in [-0.3, -0.25) is 0 Å². The first-order chi connectivity index (χ1) is 13.4. The van der Waals surface area contributed by atoms with Gasteiger partial charge in [0, 0.05) is 19.6 Å². The van der Waals surface area contributed by atoms with Crippen molar-refractivity contribution in [1.29, 1.82) is 0 Å². The molecule has 2 unspecified atom stereocenters. The second kappa shape index (κ2) is 8.00. The third kappa shape index (κ3) is 3.73. The Morgan fingerprint density at radius 2 is 1.39 bits per heavy atom. The number of benzene rings is 1. The van der Waals surface area contributed by atoms with Crippen LogP contribution >= 0.6 is 0 Å². The van der Waals surface area contributed by atoms with Crippen molar-refractivity contribution in [1.82, 2.24) is 8.61 Å². The molecule has 0 aromatic heterocycles. The lowest BCUT2D eigenvalue weighted by molar-refractivity contribution is -0.0586.